The van der Waals surface area contributed by atoms with E-state index >= 15 is 0 Å². The Kier molecular flexibility index (Phi) is 3.47. The molecule has 0 aliphatic carbocycles. The van der Waals surface area contributed by atoms with Crippen molar-refractivity contribution < 1.29 is 9.47 Å². The lowest BCUT2D eigenvalue weighted by Gasteiger charge is -2.28. The van der Waals surface area contributed by atoms with Crippen LogP contribution in [0.1, 0.15) is 6.92 Å². The fraction of sp³-hybridized carbons (Fsp3) is 0.600. The Morgan fingerprint density at radius 2 is 2.47 bits per heavy atom. The minimum Gasteiger partial charge on any atom is -0.474 e. The number of nitrogens with zero attached hydrogens (tertiary/aromatic N) is 2. The van der Waals surface area contributed by atoms with Crippen molar-refractivity contribution in [3.05, 3.63) is 18.6 Å². The van der Waals surface area contributed by atoms with Crippen LogP contribution in [0, 0.1) is 0 Å². The van der Waals surface area contributed by atoms with E-state index in [-0.39, 0.29) is 12.2 Å². The number of rotatable bonds is 3. The lowest BCUT2D eigenvalue weighted by Crippen LogP contribution is -2.45. The van der Waals surface area contributed by atoms with Gasteiger partial charge in [0.25, 0.3) is 0 Å². The minimum atomic E-state index is 0.0933. The van der Waals surface area contributed by atoms with Crippen molar-refractivity contribution in [2.75, 3.05) is 19.7 Å². The summed E-state index contributed by atoms with van der Waals surface area (Å²) in [6, 6.07) is 0. The van der Waals surface area contributed by atoms with E-state index < -0.39 is 0 Å². The predicted octanol–water partition coefficient (Wildman–Crippen LogP) is 0.232. The first-order valence-electron chi connectivity index (χ1n) is 5.09. The SMILES string of the molecule is C[C@@H]1CNC[C@H](COc2cnccn2)O1. The molecular weight excluding hydrogens is 194 g/mol. The van der Waals surface area contributed by atoms with E-state index in [0.29, 0.717) is 12.5 Å². The lowest BCUT2D eigenvalue weighted by atomic mass is 10.2. The molecule has 2 rings (SSSR count). The smallest absolute Gasteiger partial charge is 0.232 e. The normalized spacial score (nSPS) is 26.2. The molecule has 5 heteroatoms. The second-order valence-electron chi connectivity index (χ2n) is 3.58. The Hall–Kier alpha value is -1.20. The molecule has 0 aromatic carbocycles. The van der Waals surface area contributed by atoms with Gasteiger partial charge in [0, 0.05) is 25.5 Å². The maximum atomic E-state index is 5.67. The quantitative estimate of drug-likeness (QED) is 0.772. The Balaban J connectivity index is 1.78. The fourth-order valence-electron chi connectivity index (χ4n) is 1.51. The summed E-state index contributed by atoms with van der Waals surface area (Å²) in [5.74, 6) is 0.541. The van der Waals surface area contributed by atoms with Crippen molar-refractivity contribution in [1.29, 1.82) is 0 Å². The summed E-state index contributed by atoms with van der Waals surface area (Å²) in [7, 11) is 0. The molecule has 0 saturated carbocycles. The molecule has 1 aliphatic rings. The molecule has 1 aliphatic heterocycles. The number of ether oxygens (including phenoxy) is 2. The van der Waals surface area contributed by atoms with Crippen LogP contribution in [0.4, 0.5) is 0 Å². The van der Waals surface area contributed by atoms with Gasteiger partial charge in [-0.2, -0.15) is 0 Å². The molecule has 1 fully saturated rings. The van der Waals surface area contributed by atoms with Gasteiger partial charge in [0.15, 0.2) is 0 Å². The maximum Gasteiger partial charge on any atom is 0.232 e. The van der Waals surface area contributed by atoms with Crippen LogP contribution < -0.4 is 10.1 Å². The van der Waals surface area contributed by atoms with Gasteiger partial charge in [-0.25, -0.2) is 4.98 Å². The molecule has 1 saturated heterocycles. The summed E-state index contributed by atoms with van der Waals surface area (Å²) in [6.45, 7) is 4.28. The molecule has 5 nitrogen and oxygen atoms in total. The summed E-state index contributed by atoms with van der Waals surface area (Å²) in [5, 5.41) is 3.28. The summed E-state index contributed by atoms with van der Waals surface area (Å²) in [5.41, 5.74) is 0. The summed E-state index contributed by atoms with van der Waals surface area (Å²) >= 11 is 0. The highest BCUT2D eigenvalue weighted by Gasteiger charge is 2.19. The van der Waals surface area contributed by atoms with E-state index in [2.05, 4.69) is 15.3 Å². The highest BCUT2D eigenvalue weighted by atomic mass is 16.5. The van der Waals surface area contributed by atoms with Crippen molar-refractivity contribution >= 4 is 0 Å². The van der Waals surface area contributed by atoms with E-state index in [0.717, 1.165) is 13.1 Å². The van der Waals surface area contributed by atoms with Crippen LogP contribution in [-0.2, 0) is 4.74 Å². The third-order valence-electron chi connectivity index (χ3n) is 2.19. The van der Waals surface area contributed by atoms with Gasteiger partial charge in [-0.1, -0.05) is 0 Å². The van der Waals surface area contributed by atoms with E-state index in [1.807, 2.05) is 6.92 Å². The Morgan fingerprint density at radius 3 is 3.20 bits per heavy atom. The zero-order chi connectivity index (χ0) is 10.5. The molecule has 15 heavy (non-hydrogen) atoms. The molecule has 0 amide bonds. The van der Waals surface area contributed by atoms with Crippen molar-refractivity contribution in [2.45, 2.75) is 19.1 Å². The van der Waals surface area contributed by atoms with E-state index in [1.165, 1.54) is 0 Å². The zero-order valence-electron chi connectivity index (χ0n) is 8.72. The molecule has 0 bridgehead atoms. The third-order valence-corrected chi connectivity index (χ3v) is 2.19. The molecule has 2 heterocycles. The Bertz CT molecular complexity index is 294. The van der Waals surface area contributed by atoms with Crippen molar-refractivity contribution in [2.24, 2.45) is 0 Å². The van der Waals surface area contributed by atoms with E-state index in [4.69, 9.17) is 9.47 Å². The van der Waals surface area contributed by atoms with Crippen LogP contribution in [0.15, 0.2) is 18.6 Å². The number of aromatic nitrogens is 2. The molecule has 2 atom stereocenters. The van der Waals surface area contributed by atoms with Gasteiger partial charge in [-0.3, -0.25) is 4.98 Å². The highest BCUT2D eigenvalue weighted by molar-refractivity contribution is 5.01. The minimum absolute atomic E-state index is 0.0933. The first kappa shape index (κ1) is 10.3. The number of hydrogen-bond donors (Lipinski definition) is 1. The highest BCUT2D eigenvalue weighted by Crippen LogP contribution is 2.06. The fourth-order valence-corrected chi connectivity index (χ4v) is 1.51. The van der Waals surface area contributed by atoms with Crippen molar-refractivity contribution in [3.63, 3.8) is 0 Å². The monoisotopic (exact) mass is 209 g/mol. The first-order valence-corrected chi connectivity index (χ1v) is 5.09. The third kappa shape index (κ3) is 3.14. The lowest BCUT2D eigenvalue weighted by molar-refractivity contribution is -0.0477. The average molecular weight is 209 g/mol. The van der Waals surface area contributed by atoms with Crippen LogP contribution in [0.3, 0.4) is 0 Å². The van der Waals surface area contributed by atoms with E-state index in [9.17, 15) is 0 Å². The molecule has 1 aromatic heterocycles. The molecule has 0 radical (unpaired) electrons. The van der Waals surface area contributed by atoms with Gasteiger partial charge in [0.2, 0.25) is 5.88 Å². The summed E-state index contributed by atoms with van der Waals surface area (Å²) in [6.07, 6.45) is 5.16. The van der Waals surface area contributed by atoms with Crippen molar-refractivity contribution in [3.8, 4) is 5.88 Å². The van der Waals surface area contributed by atoms with Gasteiger partial charge in [-0.05, 0) is 6.92 Å². The largest absolute Gasteiger partial charge is 0.474 e. The molecular formula is C10H15N3O2. The Morgan fingerprint density at radius 1 is 1.53 bits per heavy atom. The molecule has 0 unspecified atom stereocenters. The molecule has 0 spiro atoms. The topological polar surface area (TPSA) is 56.3 Å². The van der Waals surface area contributed by atoms with Crippen LogP contribution in [0.5, 0.6) is 5.88 Å². The predicted molar refractivity (Wildman–Crippen MR) is 54.7 cm³/mol. The molecule has 1 aromatic rings. The first-order chi connectivity index (χ1) is 7.34. The van der Waals surface area contributed by atoms with Gasteiger partial charge < -0.3 is 14.8 Å². The van der Waals surface area contributed by atoms with Gasteiger partial charge >= 0.3 is 0 Å². The number of nitrogens with one attached hydrogen (secondary N) is 1. The second-order valence-corrected chi connectivity index (χ2v) is 3.58. The maximum absolute atomic E-state index is 5.67. The van der Waals surface area contributed by atoms with Crippen LogP contribution in [0.2, 0.25) is 0 Å². The van der Waals surface area contributed by atoms with Gasteiger partial charge in [-0.15, -0.1) is 0 Å². The van der Waals surface area contributed by atoms with Crippen LogP contribution >= 0.6 is 0 Å². The molecule has 1 N–H and O–H groups in total. The van der Waals surface area contributed by atoms with Crippen LogP contribution in [-0.4, -0.2) is 41.9 Å². The van der Waals surface area contributed by atoms with Crippen molar-refractivity contribution in [1.82, 2.24) is 15.3 Å². The van der Waals surface area contributed by atoms with Gasteiger partial charge in [0.05, 0.1) is 12.3 Å². The summed E-state index contributed by atoms with van der Waals surface area (Å²) in [4.78, 5) is 7.94. The average Bonchev–Trinajstić information content (AvgIpc) is 2.28. The second kappa shape index (κ2) is 5.04. The van der Waals surface area contributed by atoms with Crippen LogP contribution in [0.25, 0.3) is 0 Å². The molecule has 82 valence electrons. The standard InChI is InChI=1S/C10H15N3O2/c1-8-4-12-5-9(15-8)7-14-10-6-11-2-3-13-10/h2-3,6,8-9,12H,4-5,7H2,1H3/t8-,9-/m1/s1. The summed E-state index contributed by atoms with van der Waals surface area (Å²) < 4.78 is 11.1. The van der Waals surface area contributed by atoms with Gasteiger partial charge in [0.1, 0.15) is 12.7 Å². The number of hydrogen-bond acceptors (Lipinski definition) is 5. The zero-order valence-corrected chi connectivity index (χ0v) is 8.72. The number of morpholine rings is 1. The Labute approximate surface area is 88.8 Å². The van der Waals surface area contributed by atoms with E-state index in [1.54, 1.807) is 18.6 Å².